The van der Waals surface area contributed by atoms with E-state index in [4.69, 9.17) is 9.72 Å². The van der Waals surface area contributed by atoms with Crippen LogP contribution in [-0.4, -0.2) is 29.7 Å². The summed E-state index contributed by atoms with van der Waals surface area (Å²) < 4.78 is 19.7. The van der Waals surface area contributed by atoms with Crippen LogP contribution >= 0.6 is 0 Å². The Morgan fingerprint density at radius 1 is 1.03 bits per heavy atom. The lowest BCUT2D eigenvalue weighted by Crippen LogP contribution is -2.31. The molecule has 4 rings (SSSR count). The molecule has 0 atom stereocenters. The largest absolute Gasteiger partial charge is 0.465 e. The molecule has 0 fully saturated rings. The molecule has 0 unspecified atom stereocenters. The molecule has 6 nitrogen and oxygen atoms in total. The molecule has 0 aliphatic rings. The Hall–Kier alpha value is -4.00. The molecule has 0 aliphatic carbocycles. The molecule has 3 aromatic carbocycles. The van der Waals surface area contributed by atoms with Crippen LogP contribution < -0.4 is 10.5 Å². The molecule has 0 radical (unpaired) electrons. The molecule has 0 saturated carbocycles. The van der Waals surface area contributed by atoms with E-state index in [1.165, 1.54) is 19.2 Å². The van der Waals surface area contributed by atoms with Gasteiger partial charge in [0.1, 0.15) is 5.82 Å². The monoisotopic (exact) mass is 431 g/mol. The van der Waals surface area contributed by atoms with E-state index in [0.717, 1.165) is 11.1 Å². The first-order chi connectivity index (χ1) is 15.5. The van der Waals surface area contributed by atoms with Gasteiger partial charge in [0, 0.05) is 13.6 Å². The number of anilines is 1. The minimum atomic E-state index is -0.497. The summed E-state index contributed by atoms with van der Waals surface area (Å²) in [4.78, 5) is 32.0. The number of carbonyl (C=O) groups is 1. The standard InChI is InChI=1S/C25H22FN3O3/c1-28(15-17-6-4-3-5-7-17)25-27-22-14-19(24(31)32-2)10-13-21(22)23(30)29(25)16-18-8-11-20(26)12-9-18/h3-14H,15-16H2,1-2H3. The first-order valence-corrected chi connectivity index (χ1v) is 10.1. The third kappa shape index (κ3) is 4.37. The van der Waals surface area contributed by atoms with Crippen LogP contribution in [0.4, 0.5) is 10.3 Å². The first kappa shape index (κ1) is 21.2. The highest BCUT2D eigenvalue weighted by Crippen LogP contribution is 2.19. The van der Waals surface area contributed by atoms with E-state index in [0.29, 0.717) is 29.0 Å². The van der Waals surface area contributed by atoms with Gasteiger partial charge in [0.25, 0.3) is 5.56 Å². The predicted octanol–water partition coefficient (Wildman–Crippen LogP) is 4.01. The molecule has 1 aromatic heterocycles. The Kier molecular flexibility index (Phi) is 5.98. The summed E-state index contributed by atoms with van der Waals surface area (Å²) in [5.41, 5.74) is 2.31. The molecule has 0 aliphatic heterocycles. The SMILES string of the molecule is COC(=O)c1ccc2c(=O)n(Cc3ccc(F)cc3)c(N(C)Cc3ccccc3)nc2c1. The van der Waals surface area contributed by atoms with Crippen molar-refractivity contribution in [1.29, 1.82) is 0 Å². The maximum absolute atomic E-state index is 13.4. The van der Waals surface area contributed by atoms with Crippen LogP contribution in [0.25, 0.3) is 10.9 Å². The van der Waals surface area contributed by atoms with E-state index in [-0.39, 0.29) is 17.9 Å². The number of nitrogens with zero attached hydrogens (tertiary/aromatic N) is 3. The lowest BCUT2D eigenvalue weighted by atomic mass is 10.1. The fraction of sp³-hybridized carbons (Fsp3) is 0.160. The highest BCUT2D eigenvalue weighted by Gasteiger charge is 2.17. The Bertz CT molecular complexity index is 1320. The zero-order chi connectivity index (χ0) is 22.7. The van der Waals surface area contributed by atoms with E-state index in [1.54, 1.807) is 34.9 Å². The van der Waals surface area contributed by atoms with E-state index in [9.17, 15) is 14.0 Å². The number of benzene rings is 3. The Balaban J connectivity index is 1.84. The quantitative estimate of drug-likeness (QED) is 0.432. The average Bonchev–Trinajstić information content (AvgIpc) is 2.81. The van der Waals surface area contributed by atoms with Crippen LogP contribution in [0.1, 0.15) is 21.5 Å². The van der Waals surface area contributed by atoms with Gasteiger partial charge in [-0.2, -0.15) is 0 Å². The van der Waals surface area contributed by atoms with Gasteiger partial charge >= 0.3 is 5.97 Å². The number of methoxy groups -OCH3 is 1. The zero-order valence-electron chi connectivity index (χ0n) is 17.8. The number of rotatable bonds is 6. The van der Waals surface area contributed by atoms with Crippen LogP contribution in [0, 0.1) is 5.82 Å². The molecule has 1 heterocycles. The van der Waals surface area contributed by atoms with E-state index >= 15 is 0 Å². The number of ether oxygens (including phenoxy) is 1. The molecule has 7 heteroatoms. The molecule has 0 N–H and O–H groups in total. The van der Waals surface area contributed by atoms with Crippen molar-refractivity contribution in [3.63, 3.8) is 0 Å². The average molecular weight is 431 g/mol. The van der Waals surface area contributed by atoms with Crippen molar-refractivity contribution in [2.45, 2.75) is 13.1 Å². The molecule has 162 valence electrons. The molecule has 0 bridgehead atoms. The third-order valence-corrected chi connectivity index (χ3v) is 5.21. The fourth-order valence-electron chi connectivity index (χ4n) is 3.59. The Morgan fingerprint density at radius 2 is 1.75 bits per heavy atom. The van der Waals surface area contributed by atoms with Crippen LogP contribution in [-0.2, 0) is 17.8 Å². The van der Waals surface area contributed by atoms with Gasteiger partial charge in [-0.3, -0.25) is 9.36 Å². The smallest absolute Gasteiger partial charge is 0.337 e. The number of carbonyl (C=O) groups excluding carboxylic acids is 1. The van der Waals surface area contributed by atoms with Crippen LogP contribution in [0.3, 0.4) is 0 Å². The van der Waals surface area contributed by atoms with Gasteiger partial charge in [-0.15, -0.1) is 0 Å². The Labute approximate surface area is 184 Å². The van der Waals surface area contributed by atoms with Crippen LogP contribution in [0.5, 0.6) is 0 Å². The van der Waals surface area contributed by atoms with Crippen molar-refractivity contribution in [3.05, 3.63) is 106 Å². The van der Waals surface area contributed by atoms with Gasteiger partial charge in [-0.25, -0.2) is 14.2 Å². The summed E-state index contributed by atoms with van der Waals surface area (Å²) in [7, 11) is 3.16. The van der Waals surface area contributed by atoms with Gasteiger partial charge in [-0.1, -0.05) is 42.5 Å². The minimum absolute atomic E-state index is 0.231. The van der Waals surface area contributed by atoms with Crippen LogP contribution in [0.2, 0.25) is 0 Å². The third-order valence-electron chi connectivity index (χ3n) is 5.21. The molecule has 0 saturated heterocycles. The van der Waals surface area contributed by atoms with E-state index in [2.05, 4.69) is 0 Å². The van der Waals surface area contributed by atoms with Crippen molar-refractivity contribution >= 4 is 22.8 Å². The molecule has 32 heavy (non-hydrogen) atoms. The lowest BCUT2D eigenvalue weighted by Gasteiger charge is -2.23. The van der Waals surface area contributed by atoms with Crippen molar-refractivity contribution < 1.29 is 13.9 Å². The maximum Gasteiger partial charge on any atom is 0.337 e. The minimum Gasteiger partial charge on any atom is -0.465 e. The second-order valence-electron chi connectivity index (χ2n) is 7.49. The Morgan fingerprint density at radius 3 is 2.44 bits per heavy atom. The molecular formula is C25H22FN3O3. The van der Waals surface area contributed by atoms with Crippen molar-refractivity contribution in [2.24, 2.45) is 0 Å². The van der Waals surface area contributed by atoms with Gasteiger partial charge in [-0.05, 0) is 41.5 Å². The first-order valence-electron chi connectivity index (χ1n) is 10.1. The zero-order valence-corrected chi connectivity index (χ0v) is 17.8. The molecule has 0 spiro atoms. The summed E-state index contributed by atoms with van der Waals surface area (Å²) in [5.74, 6) is -0.393. The topological polar surface area (TPSA) is 64.4 Å². The highest BCUT2D eigenvalue weighted by atomic mass is 19.1. The summed E-state index contributed by atoms with van der Waals surface area (Å²) in [6, 6.07) is 20.5. The van der Waals surface area contributed by atoms with Crippen molar-refractivity contribution in [1.82, 2.24) is 9.55 Å². The summed E-state index contributed by atoms with van der Waals surface area (Å²) in [6.07, 6.45) is 0. The van der Waals surface area contributed by atoms with Gasteiger partial charge in [0.15, 0.2) is 0 Å². The van der Waals surface area contributed by atoms with Gasteiger partial charge < -0.3 is 9.64 Å². The lowest BCUT2D eigenvalue weighted by molar-refractivity contribution is 0.0601. The second kappa shape index (κ2) is 9.01. The fourth-order valence-corrected chi connectivity index (χ4v) is 3.59. The van der Waals surface area contributed by atoms with Gasteiger partial charge in [0.2, 0.25) is 5.95 Å². The summed E-state index contributed by atoms with van der Waals surface area (Å²) in [6.45, 7) is 0.758. The summed E-state index contributed by atoms with van der Waals surface area (Å²) >= 11 is 0. The number of hydrogen-bond donors (Lipinski definition) is 0. The van der Waals surface area contributed by atoms with Gasteiger partial charge in [0.05, 0.1) is 30.1 Å². The normalized spacial score (nSPS) is 10.8. The van der Waals surface area contributed by atoms with E-state index < -0.39 is 5.97 Å². The number of hydrogen-bond acceptors (Lipinski definition) is 5. The molecule has 4 aromatic rings. The number of fused-ring (bicyclic) bond motifs is 1. The van der Waals surface area contributed by atoms with Crippen molar-refractivity contribution in [3.8, 4) is 0 Å². The van der Waals surface area contributed by atoms with Crippen molar-refractivity contribution in [2.75, 3.05) is 19.1 Å². The number of halogens is 1. The maximum atomic E-state index is 13.4. The van der Waals surface area contributed by atoms with Crippen LogP contribution in [0.15, 0.2) is 77.6 Å². The number of esters is 1. The number of aromatic nitrogens is 2. The molecule has 0 amide bonds. The summed E-state index contributed by atoms with van der Waals surface area (Å²) in [5, 5.41) is 0.386. The predicted molar refractivity (Wildman–Crippen MR) is 121 cm³/mol. The highest BCUT2D eigenvalue weighted by molar-refractivity contribution is 5.94. The van der Waals surface area contributed by atoms with E-state index in [1.807, 2.05) is 42.3 Å². The molecular weight excluding hydrogens is 409 g/mol. The second-order valence-corrected chi connectivity index (χ2v) is 7.49.